The summed E-state index contributed by atoms with van der Waals surface area (Å²) in [4.78, 5) is 34.9. The highest BCUT2D eigenvalue weighted by atomic mass is 28.4. The zero-order chi connectivity index (χ0) is 41.3. The van der Waals surface area contributed by atoms with Gasteiger partial charge in [-0.25, -0.2) is 0 Å². The zero-order valence-electron chi connectivity index (χ0n) is 33.5. The van der Waals surface area contributed by atoms with E-state index in [0.717, 1.165) is 32.8 Å². The van der Waals surface area contributed by atoms with Crippen LogP contribution in [0.4, 0.5) is 5.69 Å². The predicted molar refractivity (Wildman–Crippen MR) is 230 cm³/mol. The average Bonchev–Trinajstić information content (AvgIpc) is 3.96. The van der Waals surface area contributed by atoms with Crippen molar-refractivity contribution < 1.29 is 38.3 Å². The van der Waals surface area contributed by atoms with E-state index >= 15 is 0 Å². The molecule has 59 heavy (non-hydrogen) atoms. The third-order valence-corrected chi connectivity index (χ3v) is 17.1. The quantitative estimate of drug-likeness (QED) is 0.0825. The number of fused-ring (bicyclic) bond motifs is 3. The first-order valence-corrected chi connectivity index (χ1v) is 22.1. The van der Waals surface area contributed by atoms with Crippen LogP contribution in [0.5, 0.6) is 0 Å². The summed E-state index contributed by atoms with van der Waals surface area (Å²) in [5, 5.41) is 31.5. The minimum atomic E-state index is -3.00. The summed E-state index contributed by atoms with van der Waals surface area (Å²) in [6, 6.07) is 36.5. The molecule has 8 rings (SSSR count). The van der Waals surface area contributed by atoms with Gasteiger partial charge in [-0.15, -0.1) is 0 Å². The fourth-order valence-electron chi connectivity index (χ4n) is 9.48. The Balaban J connectivity index is 1.19. The van der Waals surface area contributed by atoms with E-state index in [2.05, 4.69) is 74.3 Å². The molecule has 12 heteroatoms. The van der Waals surface area contributed by atoms with Crippen molar-refractivity contribution in [3.05, 3.63) is 150 Å². The van der Waals surface area contributed by atoms with Gasteiger partial charge >= 0.3 is 7.12 Å². The van der Waals surface area contributed by atoms with Crippen molar-refractivity contribution >= 4 is 60.4 Å². The molecule has 302 valence electrons. The molecule has 0 radical (unpaired) electrons. The largest absolute Gasteiger partial charge is 0.488 e. The number of allylic oxidation sites excluding steroid dienone is 1. The molecule has 3 aromatic carbocycles. The summed E-state index contributed by atoms with van der Waals surface area (Å²) in [5.41, 5.74) is 4.23. The average molecular weight is 809 g/mol. The van der Waals surface area contributed by atoms with Crippen molar-refractivity contribution in [1.29, 1.82) is 0 Å². The molecule has 2 amide bonds. The van der Waals surface area contributed by atoms with Gasteiger partial charge in [0.15, 0.2) is 0 Å². The van der Waals surface area contributed by atoms with Gasteiger partial charge in [0.1, 0.15) is 18.1 Å². The summed E-state index contributed by atoms with van der Waals surface area (Å²) < 4.78 is 20.1. The second-order valence-corrected chi connectivity index (χ2v) is 20.9. The normalized spacial score (nSPS) is 20.9. The maximum atomic E-state index is 14.5. The lowest BCUT2D eigenvalue weighted by Gasteiger charge is -2.44. The van der Waals surface area contributed by atoms with E-state index in [1.54, 1.807) is 30.5 Å². The molecule has 0 unspecified atom stereocenters. The first-order valence-electron chi connectivity index (χ1n) is 20.2. The number of hydrogen-bond donors (Lipinski definition) is 3. The second kappa shape index (κ2) is 16.8. The standard InChI is InChI=1S/C47H49BN2O8Si/c1-47(2,3)59(37-15-6-4-7-16-37,38-17-8-5-9-18-38)57-29-32-26-39-44(46(53)50(45(39)52)34-14-12-13-33(27-34)48(54)55)40-30-56-42(43(32)40)23-20-31(41-19-10-11-24-49-41)25-35-21-22-36(28-51)58-35/h4-19,21-22,24-25,27,39-40,42,44,51,54-55H,20,23,26,28-30H2,1-3H3/b31-25-/t39-,40+,42-,44-/m1/s1. The molecule has 1 aliphatic carbocycles. The maximum absolute atomic E-state index is 14.5. The van der Waals surface area contributed by atoms with Crippen molar-refractivity contribution in [2.75, 3.05) is 18.1 Å². The van der Waals surface area contributed by atoms with Crippen molar-refractivity contribution in [2.24, 2.45) is 17.8 Å². The Hall–Kier alpha value is -5.21. The number of aliphatic hydroxyl groups excluding tert-OH is 1. The molecule has 2 fully saturated rings. The molecule has 0 bridgehead atoms. The van der Waals surface area contributed by atoms with Crippen LogP contribution in [-0.2, 0) is 25.4 Å². The van der Waals surface area contributed by atoms with Crippen LogP contribution in [0.1, 0.15) is 57.2 Å². The third-order valence-electron chi connectivity index (χ3n) is 12.1. The van der Waals surface area contributed by atoms with Crippen LogP contribution in [-0.4, -0.2) is 66.7 Å². The third kappa shape index (κ3) is 7.72. The number of nitrogens with zero attached hydrogens (tertiary/aromatic N) is 2. The number of amides is 2. The Morgan fingerprint density at radius 3 is 2.24 bits per heavy atom. The fraction of sp³-hybridized carbons (Fsp3) is 0.298. The second-order valence-electron chi connectivity index (χ2n) is 16.6. The van der Waals surface area contributed by atoms with Gasteiger partial charge < -0.3 is 28.7 Å². The first kappa shape index (κ1) is 40.6. The molecule has 3 N–H and O–H groups in total. The SMILES string of the molecule is CC(C)(C)[Si](OCC1=C2[C@@H](CC/C(=C/c3ccc(CO)o3)c3ccccn3)OC[C@@H]2[C@@H]2C(=O)N(c3cccc(B(O)O)c3)C(=O)[C@@H]2C1)(c1ccccc1)c1ccccc1. The number of carbonyl (C=O) groups is 2. The highest BCUT2D eigenvalue weighted by molar-refractivity contribution is 6.99. The number of imide groups is 1. The van der Waals surface area contributed by atoms with E-state index < -0.39 is 27.3 Å². The number of rotatable bonds is 13. The molecule has 4 heterocycles. The van der Waals surface area contributed by atoms with Crippen molar-refractivity contribution in [2.45, 2.75) is 57.8 Å². The van der Waals surface area contributed by atoms with Crippen LogP contribution in [0.15, 0.2) is 137 Å². The molecule has 4 atom stereocenters. The molecule has 5 aromatic rings. The molecule has 2 aliphatic heterocycles. The summed E-state index contributed by atoms with van der Waals surface area (Å²) in [5.74, 6) is -1.19. The summed E-state index contributed by atoms with van der Waals surface area (Å²) in [6.07, 6.45) is 4.81. The van der Waals surface area contributed by atoms with Gasteiger partial charge in [-0.3, -0.25) is 19.5 Å². The number of benzene rings is 3. The lowest BCUT2D eigenvalue weighted by atomic mass is 9.69. The van der Waals surface area contributed by atoms with Gasteiger partial charge in [-0.2, -0.15) is 0 Å². The molecule has 2 aromatic heterocycles. The Bertz CT molecular complexity index is 2320. The summed E-state index contributed by atoms with van der Waals surface area (Å²) in [6.45, 7) is 7.04. The van der Waals surface area contributed by atoms with Crippen molar-refractivity contribution in [1.82, 2.24) is 4.98 Å². The number of aromatic nitrogens is 1. The molecule has 2 saturated heterocycles. The van der Waals surface area contributed by atoms with E-state index in [1.165, 1.54) is 11.0 Å². The van der Waals surface area contributed by atoms with E-state index in [9.17, 15) is 24.7 Å². The number of pyridine rings is 1. The summed E-state index contributed by atoms with van der Waals surface area (Å²) in [7, 11) is -4.75. The van der Waals surface area contributed by atoms with Crippen LogP contribution in [0.25, 0.3) is 11.6 Å². The lowest BCUT2D eigenvalue weighted by molar-refractivity contribution is -0.122. The maximum Gasteiger partial charge on any atom is 0.488 e. The minimum absolute atomic E-state index is 0.194. The minimum Gasteiger partial charge on any atom is -0.459 e. The number of anilines is 1. The van der Waals surface area contributed by atoms with E-state index in [0.29, 0.717) is 36.5 Å². The topological polar surface area (TPSA) is 143 Å². The highest BCUT2D eigenvalue weighted by Gasteiger charge is 2.58. The van der Waals surface area contributed by atoms with Gasteiger partial charge in [0, 0.05) is 12.1 Å². The Labute approximate surface area is 346 Å². The number of hydrogen-bond acceptors (Lipinski definition) is 9. The van der Waals surface area contributed by atoms with Crippen LogP contribution in [0, 0.1) is 17.8 Å². The van der Waals surface area contributed by atoms with Crippen LogP contribution in [0.2, 0.25) is 5.04 Å². The monoisotopic (exact) mass is 808 g/mol. The van der Waals surface area contributed by atoms with E-state index in [-0.39, 0.29) is 54.2 Å². The van der Waals surface area contributed by atoms with Gasteiger partial charge in [0.25, 0.3) is 8.32 Å². The Morgan fingerprint density at radius 2 is 1.61 bits per heavy atom. The highest BCUT2D eigenvalue weighted by Crippen LogP contribution is 2.51. The molecule has 0 spiro atoms. The van der Waals surface area contributed by atoms with Gasteiger partial charge in [-0.05, 0) is 99.3 Å². The van der Waals surface area contributed by atoms with Crippen LogP contribution >= 0.6 is 0 Å². The molecule has 3 aliphatic rings. The fourth-order valence-corrected chi connectivity index (χ4v) is 14.0. The molecular formula is C47H49BN2O8Si. The Kier molecular flexibility index (Phi) is 11.6. The number of furan rings is 1. The zero-order valence-corrected chi connectivity index (χ0v) is 34.5. The number of carbonyl (C=O) groups excluding carboxylic acids is 2. The number of aliphatic hydroxyl groups is 1. The van der Waals surface area contributed by atoms with Gasteiger partial charge in [0.2, 0.25) is 11.8 Å². The smallest absolute Gasteiger partial charge is 0.459 e. The first-order chi connectivity index (χ1) is 28.5. The van der Waals surface area contributed by atoms with Gasteiger partial charge in [0.05, 0.1) is 42.5 Å². The molecule has 0 saturated carbocycles. The van der Waals surface area contributed by atoms with Crippen LogP contribution < -0.4 is 20.7 Å². The predicted octanol–water partition coefficient (Wildman–Crippen LogP) is 5.27. The molecule has 10 nitrogen and oxygen atoms in total. The number of ether oxygens (including phenoxy) is 1. The summed E-state index contributed by atoms with van der Waals surface area (Å²) >= 11 is 0. The van der Waals surface area contributed by atoms with E-state index in [4.69, 9.17) is 13.6 Å². The Morgan fingerprint density at radius 1 is 0.898 bits per heavy atom. The van der Waals surface area contributed by atoms with Crippen molar-refractivity contribution in [3.8, 4) is 0 Å². The lowest BCUT2D eigenvalue weighted by Crippen LogP contribution is -2.66. The van der Waals surface area contributed by atoms with Crippen molar-refractivity contribution in [3.63, 3.8) is 0 Å². The van der Waals surface area contributed by atoms with Crippen LogP contribution in [0.3, 0.4) is 0 Å². The van der Waals surface area contributed by atoms with Gasteiger partial charge in [-0.1, -0.05) is 99.6 Å². The van der Waals surface area contributed by atoms with E-state index in [1.807, 2.05) is 42.5 Å². The molecular weight excluding hydrogens is 759 g/mol.